The van der Waals surface area contributed by atoms with Gasteiger partial charge in [0.2, 0.25) is 5.91 Å². The van der Waals surface area contributed by atoms with Gasteiger partial charge in [0.25, 0.3) is 0 Å². The van der Waals surface area contributed by atoms with Crippen LogP contribution in [0.1, 0.15) is 119 Å². The second-order valence-corrected chi connectivity index (χ2v) is 13.0. The lowest BCUT2D eigenvalue weighted by Crippen LogP contribution is -2.49. The monoisotopic (exact) mass is 608 g/mol. The summed E-state index contributed by atoms with van der Waals surface area (Å²) < 4.78 is 10.9. The summed E-state index contributed by atoms with van der Waals surface area (Å²) in [6.07, 6.45) is 9.84. The number of rotatable bonds is 13. The second-order valence-electron chi connectivity index (χ2n) is 13.0. The van der Waals surface area contributed by atoms with E-state index in [9.17, 15) is 19.2 Å². The van der Waals surface area contributed by atoms with Crippen molar-refractivity contribution < 1.29 is 28.7 Å². The van der Waals surface area contributed by atoms with Crippen molar-refractivity contribution in [3.63, 3.8) is 0 Å². The summed E-state index contributed by atoms with van der Waals surface area (Å²) in [4.78, 5) is 48.1. The van der Waals surface area contributed by atoms with Gasteiger partial charge in [0.15, 0.2) is 0 Å². The molecule has 0 aliphatic heterocycles. The van der Waals surface area contributed by atoms with Gasteiger partial charge >= 0.3 is 12.1 Å². The number of nitrogens with one attached hydrogen (secondary N) is 3. The van der Waals surface area contributed by atoms with Gasteiger partial charge in [0.05, 0.1) is 6.10 Å². The highest BCUT2D eigenvalue weighted by Crippen LogP contribution is 2.47. The van der Waals surface area contributed by atoms with Crippen LogP contribution in [-0.4, -0.2) is 61.6 Å². The minimum Gasteiger partial charge on any atom is -0.461 e. The topological polar surface area (TPSA) is 149 Å². The van der Waals surface area contributed by atoms with Crippen LogP contribution >= 0.6 is 0 Å². The number of nitrogens with two attached hydrogens (primary N) is 1. The number of alkyl carbamates (subject to hydrolysis) is 1. The summed E-state index contributed by atoms with van der Waals surface area (Å²) in [5.41, 5.74) is 7.06. The Labute approximate surface area is 260 Å². The molecular formula is C33H60N4O6. The molecule has 0 heterocycles. The Morgan fingerprint density at radius 3 is 2.12 bits per heavy atom. The third-order valence-corrected chi connectivity index (χ3v) is 8.02. The molecule has 0 radical (unpaired) electrons. The molecule has 0 aromatic heterocycles. The molecule has 3 unspecified atom stereocenters. The van der Waals surface area contributed by atoms with Crippen molar-refractivity contribution in [2.75, 3.05) is 20.1 Å². The lowest BCUT2D eigenvalue weighted by atomic mass is 9.64. The van der Waals surface area contributed by atoms with Crippen LogP contribution in [0, 0.1) is 17.8 Å². The predicted molar refractivity (Wildman–Crippen MR) is 170 cm³/mol. The van der Waals surface area contributed by atoms with E-state index in [0.29, 0.717) is 11.8 Å². The van der Waals surface area contributed by atoms with E-state index in [1.807, 2.05) is 6.92 Å². The smallest absolute Gasteiger partial charge is 0.408 e. The molecular weight excluding hydrogens is 548 g/mol. The second kappa shape index (κ2) is 19.6. The standard InChI is InChI=1S/C23H38N2O6.C9H17N.CH5N/c1-14(2)30-21(28)19(7-6-16(4)26)25-20(27)13-24-22(29)31-23(5)11-17-8-15(3)9-18(10-17)12-23;1-3-4-7-10-8(2)9-5-6-9;1-2/h14-15,17-19H,6-13H2,1-5H3,(H,24,29)(H,25,27);10H,3-7H2,1-2H3;2H2,1H3. The summed E-state index contributed by atoms with van der Waals surface area (Å²) in [7, 11) is 1.50. The number of unbranched alkanes of at least 4 members (excludes halogenated alkanes) is 1. The van der Waals surface area contributed by atoms with Gasteiger partial charge in [-0.15, -0.1) is 0 Å². The summed E-state index contributed by atoms with van der Waals surface area (Å²) in [6, 6.07) is -0.936. The van der Waals surface area contributed by atoms with Gasteiger partial charge < -0.3 is 36.0 Å². The van der Waals surface area contributed by atoms with Crippen molar-refractivity contribution >= 4 is 23.8 Å². The van der Waals surface area contributed by atoms with Crippen molar-refractivity contribution in [3.8, 4) is 0 Å². The molecule has 3 fully saturated rings. The van der Waals surface area contributed by atoms with E-state index in [-0.39, 0.29) is 31.3 Å². The molecule has 3 aliphatic carbocycles. The zero-order chi connectivity index (χ0) is 32.6. The molecule has 0 aromatic carbocycles. The third-order valence-electron chi connectivity index (χ3n) is 8.02. The quantitative estimate of drug-likeness (QED) is 0.166. The van der Waals surface area contributed by atoms with Crippen LogP contribution in [0.4, 0.5) is 4.79 Å². The van der Waals surface area contributed by atoms with Crippen LogP contribution in [0.5, 0.6) is 0 Å². The molecule has 10 heteroatoms. The first-order valence-corrected chi connectivity index (χ1v) is 16.3. The molecule has 3 rings (SSSR count). The highest BCUT2D eigenvalue weighted by molar-refractivity contribution is 5.87. The van der Waals surface area contributed by atoms with Gasteiger partial charge in [-0.05, 0) is 117 Å². The molecule has 3 aliphatic rings. The molecule has 248 valence electrons. The van der Waals surface area contributed by atoms with Gasteiger partial charge in [-0.2, -0.15) is 0 Å². The predicted octanol–water partition coefficient (Wildman–Crippen LogP) is 5.14. The Morgan fingerprint density at radius 2 is 1.60 bits per heavy atom. The van der Waals surface area contributed by atoms with E-state index in [2.05, 4.69) is 42.5 Å². The Hall–Kier alpha value is -2.62. The highest BCUT2D eigenvalue weighted by atomic mass is 16.6. The normalized spacial score (nSPS) is 24.1. The number of hydrogen-bond donors (Lipinski definition) is 4. The average Bonchev–Trinajstić information content (AvgIpc) is 3.76. The van der Waals surface area contributed by atoms with Crippen LogP contribution in [0.25, 0.3) is 0 Å². The van der Waals surface area contributed by atoms with Gasteiger partial charge in [-0.25, -0.2) is 9.59 Å². The fourth-order valence-electron chi connectivity index (χ4n) is 6.20. The summed E-state index contributed by atoms with van der Waals surface area (Å²) in [5, 5.41) is 8.46. The highest BCUT2D eigenvalue weighted by Gasteiger charge is 2.43. The fraction of sp³-hybridized carbons (Fsp3) is 0.818. The molecule has 5 N–H and O–H groups in total. The number of ether oxygens (including phenoxy) is 2. The third kappa shape index (κ3) is 16.1. The zero-order valence-corrected chi connectivity index (χ0v) is 28.1. The van der Waals surface area contributed by atoms with Crippen LogP contribution in [0.3, 0.4) is 0 Å². The lowest BCUT2D eigenvalue weighted by molar-refractivity contribution is -0.151. The van der Waals surface area contributed by atoms with E-state index in [1.54, 1.807) is 19.4 Å². The van der Waals surface area contributed by atoms with E-state index in [0.717, 1.165) is 25.3 Å². The molecule has 10 nitrogen and oxygen atoms in total. The van der Waals surface area contributed by atoms with Crippen molar-refractivity contribution in [1.82, 2.24) is 16.0 Å². The number of carbonyl (C=O) groups excluding carboxylic acids is 4. The van der Waals surface area contributed by atoms with E-state index in [1.165, 1.54) is 64.6 Å². The number of carbonyl (C=O) groups is 4. The first kappa shape index (κ1) is 38.4. The molecule has 0 aromatic rings. The number of fused-ring (bicyclic) bond motifs is 2. The molecule has 0 saturated heterocycles. The number of Topliss-reactive ketones (excluding diaryl/α,β-unsaturated/α-hetero) is 1. The SMILES string of the molecule is CC(=O)CCC(NC(=O)CNC(=O)OC1(C)CC2CC(C)CC(C2)C1)C(=O)OC(C)C.CCCCNC(C)=C1CC1.CN. The van der Waals surface area contributed by atoms with E-state index in [4.69, 9.17) is 9.47 Å². The van der Waals surface area contributed by atoms with Crippen LogP contribution in [0.15, 0.2) is 11.3 Å². The molecule has 43 heavy (non-hydrogen) atoms. The molecule has 3 atom stereocenters. The Kier molecular flexibility index (Phi) is 17.5. The van der Waals surface area contributed by atoms with Gasteiger partial charge in [-0.1, -0.05) is 25.8 Å². The van der Waals surface area contributed by atoms with Crippen molar-refractivity contribution in [2.24, 2.45) is 23.5 Å². The van der Waals surface area contributed by atoms with Crippen molar-refractivity contribution in [3.05, 3.63) is 11.3 Å². The first-order chi connectivity index (χ1) is 20.3. The number of ketones is 1. The van der Waals surface area contributed by atoms with Crippen LogP contribution in [0.2, 0.25) is 0 Å². The van der Waals surface area contributed by atoms with Gasteiger partial charge in [-0.3, -0.25) is 4.79 Å². The number of allylic oxidation sites excluding steroid dienone is 2. The lowest BCUT2D eigenvalue weighted by Gasteiger charge is -2.46. The zero-order valence-electron chi connectivity index (χ0n) is 28.1. The summed E-state index contributed by atoms with van der Waals surface area (Å²) in [5.74, 6) is 0.672. The fourth-order valence-corrected chi connectivity index (χ4v) is 6.20. The molecule has 2 bridgehead atoms. The Bertz CT molecular complexity index is 910. The van der Waals surface area contributed by atoms with E-state index < -0.39 is 29.6 Å². The number of hydrogen-bond acceptors (Lipinski definition) is 8. The average molecular weight is 609 g/mol. The largest absolute Gasteiger partial charge is 0.461 e. The maximum absolute atomic E-state index is 12.3. The molecule has 0 spiro atoms. The van der Waals surface area contributed by atoms with Crippen LogP contribution in [-0.2, 0) is 23.9 Å². The minimum atomic E-state index is -0.936. The summed E-state index contributed by atoms with van der Waals surface area (Å²) in [6.45, 7) is 14.4. The number of esters is 1. The maximum Gasteiger partial charge on any atom is 0.408 e. The van der Waals surface area contributed by atoms with Crippen molar-refractivity contribution in [2.45, 2.75) is 137 Å². The van der Waals surface area contributed by atoms with Gasteiger partial charge in [0.1, 0.15) is 24.0 Å². The van der Waals surface area contributed by atoms with Crippen LogP contribution < -0.4 is 21.7 Å². The summed E-state index contributed by atoms with van der Waals surface area (Å²) >= 11 is 0. The number of amides is 2. The van der Waals surface area contributed by atoms with E-state index >= 15 is 0 Å². The first-order valence-electron chi connectivity index (χ1n) is 16.3. The van der Waals surface area contributed by atoms with Crippen molar-refractivity contribution in [1.29, 1.82) is 0 Å². The molecule has 2 amide bonds. The minimum absolute atomic E-state index is 0.0850. The Morgan fingerprint density at radius 1 is 1.00 bits per heavy atom. The maximum atomic E-state index is 12.3. The Balaban J connectivity index is 0.000000644. The van der Waals surface area contributed by atoms with Gasteiger partial charge in [0, 0.05) is 18.7 Å². The molecule has 3 saturated carbocycles.